The average molecular weight is 313 g/mol. The van der Waals surface area contributed by atoms with Gasteiger partial charge < -0.3 is 5.11 Å². The molecule has 0 bridgehead atoms. The van der Waals surface area contributed by atoms with Crippen LogP contribution in [-0.4, -0.2) is 31.6 Å². The van der Waals surface area contributed by atoms with Crippen molar-refractivity contribution < 1.29 is 14.7 Å². The zero-order valence-electron chi connectivity index (χ0n) is 11.4. The van der Waals surface area contributed by atoms with Crippen LogP contribution in [0, 0.1) is 0 Å². The third-order valence-corrected chi connectivity index (χ3v) is 4.76. The van der Waals surface area contributed by atoms with Crippen LogP contribution in [0.25, 0.3) is 15.3 Å². The van der Waals surface area contributed by atoms with E-state index in [9.17, 15) is 14.7 Å². The van der Waals surface area contributed by atoms with Crippen LogP contribution in [0.3, 0.4) is 0 Å². The topological polar surface area (TPSA) is 85.1 Å². The Morgan fingerprint density at radius 3 is 2.86 bits per heavy atom. The largest absolute Gasteiger partial charge is 0.476 e. The highest BCUT2D eigenvalue weighted by Crippen LogP contribution is 2.30. The van der Waals surface area contributed by atoms with Crippen molar-refractivity contribution in [3.63, 3.8) is 0 Å². The number of hydrogen-bond donors (Lipinski definition) is 1. The number of fused-ring (bicyclic) bond motifs is 2. The van der Waals surface area contributed by atoms with Gasteiger partial charge in [0.05, 0.1) is 21.5 Å². The van der Waals surface area contributed by atoms with Crippen LogP contribution in [0.1, 0.15) is 39.4 Å². The summed E-state index contributed by atoms with van der Waals surface area (Å²) >= 11 is 1.43. The number of carboxylic acids is 1. The quantitative estimate of drug-likeness (QED) is 0.786. The number of Topliss-reactive ketones (excluding diaryl/α,β-unsaturated/α-hetero) is 1. The fraction of sp³-hybridized carbons (Fsp3) is 0.200. The number of nitrogens with zero attached hydrogens (tertiary/aromatic N) is 3. The third-order valence-electron chi connectivity index (χ3n) is 3.74. The molecule has 4 rings (SSSR count). The maximum Gasteiger partial charge on any atom is 0.357 e. The number of carboxylic acid groups (broad SMARTS) is 1. The maximum absolute atomic E-state index is 12.1. The number of aromatic carboxylic acids is 1. The fourth-order valence-corrected chi connectivity index (χ4v) is 3.72. The molecule has 0 radical (unpaired) electrons. The summed E-state index contributed by atoms with van der Waals surface area (Å²) in [7, 11) is 0. The number of thiazole rings is 1. The molecule has 2 heterocycles. The number of aromatic nitrogens is 3. The summed E-state index contributed by atoms with van der Waals surface area (Å²) in [4.78, 5) is 28.0. The average Bonchev–Trinajstić information content (AvgIpc) is 3.08. The van der Waals surface area contributed by atoms with Crippen LogP contribution in [-0.2, 0) is 6.42 Å². The normalized spacial score (nSPS) is 14.3. The Hall–Kier alpha value is -2.54. The third kappa shape index (κ3) is 1.86. The molecule has 0 saturated heterocycles. The molecular formula is C15H11N3O3S. The second kappa shape index (κ2) is 4.74. The van der Waals surface area contributed by atoms with Gasteiger partial charge in [0.1, 0.15) is 0 Å². The van der Waals surface area contributed by atoms with Crippen LogP contribution < -0.4 is 0 Å². The molecule has 0 fully saturated rings. The van der Waals surface area contributed by atoms with E-state index in [2.05, 4.69) is 10.1 Å². The van der Waals surface area contributed by atoms with Crippen molar-refractivity contribution in [2.75, 3.05) is 0 Å². The first-order valence-corrected chi connectivity index (χ1v) is 7.71. The Labute approximate surface area is 129 Å². The Balaban J connectivity index is 1.97. The van der Waals surface area contributed by atoms with Gasteiger partial charge >= 0.3 is 5.97 Å². The fourth-order valence-electron chi connectivity index (χ4n) is 2.78. The maximum atomic E-state index is 12.1. The van der Waals surface area contributed by atoms with Crippen LogP contribution in [0.5, 0.6) is 0 Å². The van der Waals surface area contributed by atoms with Gasteiger partial charge in [-0.25, -0.2) is 14.5 Å². The standard InChI is InChI=1S/C15H11N3O3S/c19-10-6-3-5-9-12(10)13(14(20)21)17-18(9)15-16-8-4-1-2-7-11(8)22-15/h1-2,4,7H,3,5-6H2,(H,20,21). The summed E-state index contributed by atoms with van der Waals surface area (Å²) in [5.74, 6) is -1.32. The van der Waals surface area contributed by atoms with E-state index in [1.165, 1.54) is 16.0 Å². The minimum absolute atomic E-state index is 0.147. The zero-order chi connectivity index (χ0) is 15.3. The molecule has 110 valence electrons. The van der Waals surface area contributed by atoms with Crippen LogP contribution in [0.2, 0.25) is 0 Å². The summed E-state index contributed by atoms with van der Waals surface area (Å²) in [5, 5.41) is 14.1. The summed E-state index contributed by atoms with van der Waals surface area (Å²) < 4.78 is 2.53. The number of ketones is 1. The molecule has 0 atom stereocenters. The van der Waals surface area contributed by atoms with Gasteiger partial charge in [-0.05, 0) is 25.0 Å². The lowest BCUT2D eigenvalue weighted by Gasteiger charge is -2.11. The zero-order valence-corrected chi connectivity index (χ0v) is 12.3. The van der Waals surface area contributed by atoms with Gasteiger partial charge in [-0.3, -0.25) is 4.79 Å². The predicted octanol–water partition coefficient (Wildman–Crippen LogP) is 2.70. The van der Waals surface area contributed by atoms with E-state index in [-0.39, 0.29) is 17.0 Å². The molecule has 0 unspecified atom stereocenters. The van der Waals surface area contributed by atoms with E-state index in [0.29, 0.717) is 30.1 Å². The summed E-state index contributed by atoms with van der Waals surface area (Å²) in [6.07, 6.45) is 1.72. The van der Waals surface area contributed by atoms with Gasteiger partial charge in [0, 0.05) is 6.42 Å². The molecule has 0 spiro atoms. The van der Waals surface area contributed by atoms with Crippen molar-refractivity contribution in [2.45, 2.75) is 19.3 Å². The second-order valence-corrected chi connectivity index (χ2v) is 6.14. The molecule has 1 aliphatic carbocycles. The summed E-state index contributed by atoms with van der Waals surface area (Å²) in [6, 6.07) is 7.68. The monoisotopic (exact) mass is 313 g/mol. The first kappa shape index (κ1) is 13.1. The number of hydrogen-bond acceptors (Lipinski definition) is 5. The molecular weight excluding hydrogens is 302 g/mol. The highest BCUT2D eigenvalue weighted by Gasteiger charge is 2.31. The van der Waals surface area contributed by atoms with Crippen molar-refractivity contribution in [1.82, 2.24) is 14.8 Å². The van der Waals surface area contributed by atoms with Crippen molar-refractivity contribution in [3.8, 4) is 5.13 Å². The molecule has 1 aromatic carbocycles. The highest BCUT2D eigenvalue weighted by molar-refractivity contribution is 7.20. The summed E-state index contributed by atoms with van der Waals surface area (Å²) in [6.45, 7) is 0. The first-order valence-electron chi connectivity index (χ1n) is 6.89. The lowest BCUT2D eigenvalue weighted by Crippen LogP contribution is -2.14. The molecule has 1 aliphatic rings. The van der Waals surface area contributed by atoms with E-state index in [4.69, 9.17) is 0 Å². The first-order chi connectivity index (χ1) is 10.6. The SMILES string of the molecule is O=C(O)c1nn(-c2nc3ccccc3s2)c2c1C(=O)CCC2. The Morgan fingerprint density at radius 2 is 2.09 bits per heavy atom. The van der Waals surface area contributed by atoms with Crippen LogP contribution >= 0.6 is 11.3 Å². The van der Waals surface area contributed by atoms with Crippen molar-refractivity contribution in [2.24, 2.45) is 0 Å². The summed E-state index contributed by atoms with van der Waals surface area (Å²) in [5.41, 5.74) is 1.58. The molecule has 7 heteroatoms. The van der Waals surface area contributed by atoms with E-state index >= 15 is 0 Å². The van der Waals surface area contributed by atoms with Crippen molar-refractivity contribution >= 4 is 33.3 Å². The Morgan fingerprint density at radius 1 is 1.27 bits per heavy atom. The van der Waals surface area contributed by atoms with E-state index < -0.39 is 5.97 Å². The number of para-hydroxylation sites is 1. The Kier molecular flexibility index (Phi) is 2.83. The minimum Gasteiger partial charge on any atom is -0.476 e. The highest BCUT2D eigenvalue weighted by atomic mass is 32.1. The molecule has 22 heavy (non-hydrogen) atoms. The molecule has 2 aromatic heterocycles. The molecule has 0 amide bonds. The predicted molar refractivity (Wildman–Crippen MR) is 81.0 cm³/mol. The molecule has 6 nitrogen and oxygen atoms in total. The smallest absolute Gasteiger partial charge is 0.357 e. The van der Waals surface area contributed by atoms with E-state index in [0.717, 1.165) is 10.2 Å². The van der Waals surface area contributed by atoms with Gasteiger partial charge in [-0.2, -0.15) is 5.10 Å². The van der Waals surface area contributed by atoms with E-state index in [1.807, 2.05) is 24.3 Å². The van der Waals surface area contributed by atoms with Crippen molar-refractivity contribution in [3.05, 3.63) is 41.2 Å². The van der Waals surface area contributed by atoms with Gasteiger partial charge in [-0.1, -0.05) is 23.5 Å². The molecule has 1 N–H and O–H groups in total. The van der Waals surface area contributed by atoms with Gasteiger partial charge in [-0.15, -0.1) is 0 Å². The molecule has 0 saturated carbocycles. The second-order valence-electron chi connectivity index (χ2n) is 5.13. The molecule has 3 aromatic rings. The number of carbonyl (C=O) groups excluding carboxylic acids is 1. The lowest BCUT2D eigenvalue weighted by molar-refractivity contribution is 0.0684. The van der Waals surface area contributed by atoms with Gasteiger partial charge in [0.15, 0.2) is 11.5 Å². The minimum atomic E-state index is -1.17. The Bertz CT molecular complexity index is 892. The number of rotatable bonds is 2. The van der Waals surface area contributed by atoms with E-state index in [1.54, 1.807) is 0 Å². The lowest BCUT2D eigenvalue weighted by atomic mass is 9.94. The van der Waals surface area contributed by atoms with Gasteiger partial charge in [0.2, 0.25) is 5.13 Å². The van der Waals surface area contributed by atoms with Crippen LogP contribution in [0.15, 0.2) is 24.3 Å². The van der Waals surface area contributed by atoms with Crippen molar-refractivity contribution in [1.29, 1.82) is 0 Å². The molecule has 0 aliphatic heterocycles. The number of benzene rings is 1. The van der Waals surface area contributed by atoms with Crippen LogP contribution in [0.4, 0.5) is 0 Å². The van der Waals surface area contributed by atoms with Gasteiger partial charge in [0.25, 0.3) is 0 Å². The number of carbonyl (C=O) groups is 2.